The van der Waals surface area contributed by atoms with Crippen LogP contribution in [0.15, 0.2) is 85.3 Å². The predicted octanol–water partition coefficient (Wildman–Crippen LogP) is 6.11. The van der Waals surface area contributed by atoms with Crippen molar-refractivity contribution in [2.24, 2.45) is 11.7 Å². The molecule has 228 valence electrons. The number of hydrogen-bond acceptors (Lipinski definition) is 5. The lowest BCUT2D eigenvalue weighted by atomic mass is 9.95. The van der Waals surface area contributed by atoms with Gasteiger partial charge in [-0.1, -0.05) is 48.0 Å². The Labute approximate surface area is 260 Å². The number of halogens is 3. The summed E-state index contributed by atoms with van der Waals surface area (Å²) < 4.78 is 43.5. The van der Waals surface area contributed by atoms with Gasteiger partial charge in [0, 0.05) is 49.6 Å². The van der Waals surface area contributed by atoms with Crippen molar-refractivity contribution in [2.75, 3.05) is 18.4 Å². The molecule has 7 nitrogen and oxygen atoms in total. The first-order valence-electron chi connectivity index (χ1n) is 14.1. The van der Waals surface area contributed by atoms with Crippen LogP contribution in [0, 0.1) is 24.2 Å². The van der Waals surface area contributed by atoms with Gasteiger partial charge in [0.2, 0.25) is 0 Å². The lowest BCUT2D eigenvalue weighted by Crippen LogP contribution is -2.41. The molecule has 0 saturated carbocycles. The summed E-state index contributed by atoms with van der Waals surface area (Å²) in [7, 11) is 0. The molecule has 0 aliphatic carbocycles. The van der Waals surface area contributed by atoms with Crippen molar-refractivity contribution < 1.29 is 18.0 Å². The van der Waals surface area contributed by atoms with Gasteiger partial charge in [0.15, 0.2) is 5.11 Å². The van der Waals surface area contributed by atoms with Crippen LogP contribution in [0.25, 0.3) is 0 Å². The van der Waals surface area contributed by atoms with Gasteiger partial charge in [0.25, 0.3) is 0 Å². The lowest BCUT2D eigenvalue weighted by molar-refractivity contribution is -0.138. The monoisotopic (exact) mass is 618 g/mol. The number of hydrogen-bond donors (Lipinski definition) is 2. The van der Waals surface area contributed by atoms with Crippen LogP contribution in [0.2, 0.25) is 0 Å². The highest BCUT2D eigenvalue weighted by molar-refractivity contribution is 7.80. The summed E-state index contributed by atoms with van der Waals surface area (Å²) in [4.78, 5) is 19.5. The number of aryl methyl sites for hydroxylation is 1. The highest BCUT2D eigenvalue weighted by Gasteiger charge is 2.34. The van der Waals surface area contributed by atoms with Gasteiger partial charge >= 0.3 is 6.18 Å². The summed E-state index contributed by atoms with van der Waals surface area (Å²) in [5.41, 5.74) is 9.12. The van der Waals surface area contributed by atoms with E-state index in [1.807, 2.05) is 47.9 Å². The molecule has 1 aromatic heterocycles. The van der Waals surface area contributed by atoms with E-state index in [1.165, 1.54) is 12.1 Å². The van der Waals surface area contributed by atoms with Crippen molar-refractivity contribution in [3.05, 3.63) is 119 Å². The van der Waals surface area contributed by atoms with Gasteiger partial charge in [0.05, 0.1) is 23.5 Å². The Hall–Kier alpha value is -4.53. The summed E-state index contributed by atoms with van der Waals surface area (Å²) >= 11 is 5.70. The van der Waals surface area contributed by atoms with Crippen molar-refractivity contribution in [1.29, 1.82) is 5.26 Å². The van der Waals surface area contributed by atoms with E-state index in [1.54, 1.807) is 35.6 Å². The fourth-order valence-corrected chi connectivity index (χ4v) is 5.12. The average Bonchev–Trinajstić information content (AvgIpc) is 3.43. The number of carbonyl (C=O) groups is 1. The molecule has 0 bridgehead atoms. The second kappa shape index (κ2) is 14.8. The van der Waals surface area contributed by atoms with E-state index in [0.717, 1.165) is 17.2 Å². The second-order valence-electron chi connectivity index (χ2n) is 10.6. The molecule has 3 N–H and O–H groups in total. The molecule has 3 aromatic carbocycles. The number of Topliss-reactive ketones (excluding diaryl/α,β-unsaturated/α-hetero) is 1. The topological polar surface area (TPSA) is 100.0 Å². The number of rotatable bonds is 12. The predicted molar refractivity (Wildman–Crippen MR) is 168 cm³/mol. The molecule has 0 amide bonds. The Morgan fingerprint density at radius 3 is 2.48 bits per heavy atom. The molecule has 0 spiro atoms. The van der Waals surface area contributed by atoms with E-state index in [0.29, 0.717) is 29.9 Å². The van der Waals surface area contributed by atoms with Crippen LogP contribution in [0.3, 0.4) is 0 Å². The minimum atomic E-state index is -4.55. The molecular weight excluding hydrogens is 585 g/mol. The van der Waals surface area contributed by atoms with Crippen LogP contribution in [-0.4, -0.2) is 38.4 Å². The number of benzene rings is 3. The van der Waals surface area contributed by atoms with E-state index in [2.05, 4.69) is 16.4 Å². The molecule has 4 rings (SSSR count). The smallest absolute Gasteiger partial charge is 0.344 e. The van der Waals surface area contributed by atoms with Crippen LogP contribution in [-0.2, 0) is 30.5 Å². The number of carbonyl (C=O) groups excluding carboxylic acids is 1. The minimum Gasteiger partial charge on any atom is -0.344 e. The van der Waals surface area contributed by atoms with Crippen molar-refractivity contribution in [3.8, 4) is 6.07 Å². The highest BCUT2D eigenvalue weighted by atomic mass is 32.1. The fourth-order valence-electron chi connectivity index (χ4n) is 4.86. The standard InChI is InChI=1S/C33H33F3N6OS/c1-23-6-12-28(13-7-23)40-32(44)41(20-26-4-2-3-5-30(26)33(34,35)36)21-27(14-15-37)31(43)16-29-18-39-22-42(29)19-25-10-8-24(17-38)9-11-25/h2-13,18,22,27H,14-16,19-21,37H2,1H3,(H,40,44)/t27-/m0/s1. The third kappa shape index (κ3) is 8.75. The summed E-state index contributed by atoms with van der Waals surface area (Å²) in [6.45, 7) is 2.54. The van der Waals surface area contributed by atoms with Gasteiger partial charge in [-0.2, -0.15) is 18.4 Å². The first-order valence-corrected chi connectivity index (χ1v) is 14.5. The molecule has 0 radical (unpaired) electrons. The van der Waals surface area contributed by atoms with Crippen molar-refractivity contribution >= 4 is 28.8 Å². The number of nitriles is 1. The Balaban J connectivity index is 1.56. The zero-order valence-electron chi connectivity index (χ0n) is 24.2. The summed E-state index contributed by atoms with van der Waals surface area (Å²) in [5.74, 6) is -0.724. The number of thiocarbonyl (C=S) groups is 1. The number of nitrogens with zero attached hydrogens (tertiary/aromatic N) is 4. The Kier molecular flexibility index (Phi) is 10.9. The van der Waals surface area contributed by atoms with Gasteiger partial charge < -0.3 is 20.5 Å². The first kappa shape index (κ1) is 32.4. The summed E-state index contributed by atoms with van der Waals surface area (Å²) in [6.07, 6.45) is -0.894. The van der Waals surface area contributed by atoms with Crippen LogP contribution in [0.5, 0.6) is 0 Å². The van der Waals surface area contributed by atoms with Gasteiger partial charge in [0.1, 0.15) is 5.78 Å². The summed E-state index contributed by atoms with van der Waals surface area (Å²) in [5, 5.41) is 12.4. The van der Waals surface area contributed by atoms with Gasteiger partial charge in [-0.3, -0.25) is 4.79 Å². The molecule has 0 aliphatic heterocycles. The van der Waals surface area contributed by atoms with Crippen LogP contribution < -0.4 is 11.1 Å². The second-order valence-corrected chi connectivity index (χ2v) is 11.0. The van der Waals surface area contributed by atoms with E-state index >= 15 is 0 Å². The molecule has 4 aromatic rings. The number of anilines is 1. The zero-order chi connectivity index (χ0) is 31.7. The Morgan fingerprint density at radius 2 is 1.82 bits per heavy atom. The number of ketones is 1. The molecule has 1 heterocycles. The van der Waals surface area contributed by atoms with Crippen LogP contribution in [0.4, 0.5) is 18.9 Å². The highest BCUT2D eigenvalue weighted by Crippen LogP contribution is 2.32. The molecule has 0 aliphatic rings. The van der Waals surface area contributed by atoms with E-state index in [-0.39, 0.29) is 42.5 Å². The Morgan fingerprint density at radius 1 is 1.11 bits per heavy atom. The van der Waals surface area contributed by atoms with E-state index in [9.17, 15) is 18.0 Å². The lowest BCUT2D eigenvalue weighted by Gasteiger charge is -2.30. The average molecular weight is 619 g/mol. The molecule has 44 heavy (non-hydrogen) atoms. The van der Waals surface area contributed by atoms with Crippen molar-refractivity contribution in [3.63, 3.8) is 0 Å². The third-order valence-corrected chi connectivity index (χ3v) is 7.64. The molecule has 11 heteroatoms. The molecule has 0 saturated heterocycles. The maximum Gasteiger partial charge on any atom is 0.416 e. The third-order valence-electron chi connectivity index (χ3n) is 7.28. The van der Waals surface area contributed by atoms with Gasteiger partial charge in [-0.25, -0.2) is 4.98 Å². The fraction of sp³-hybridized carbons (Fsp3) is 0.273. The van der Waals surface area contributed by atoms with Crippen LogP contribution in [0.1, 0.15) is 39.9 Å². The molecular formula is C33H33F3N6OS. The zero-order valence-corrected chi connectivity index (χ0v) is 25.0. The maximum absolute atomic E-state index is 13.9. The number of imidazole rings is 1. The SMILES string of the molecule is Cc1ccc(NC(=S)N(Cc2ccccc2C(F)(F)F)C[C@H](CCN)C(=O)Cc2cncn2Cc2ccc(C#N)cc2)cc1. The van der Waals surface area contributed by atoms with Gasteiger partial charge in [-0.05, 0) is 73.6 Å². The van der Waals surface area contributed by atoms with E-state index in [4.69, 9.17) is 23.2 Å². The van der Waals surface area contributed by atoms with Crippen molar-refractivity contribution in [2.45, 2.75) is 39.0 Å². The molecule has 0 fully saturated rings. The number of alkyl halides is 3. The number of aromatic nitrogens is 2. The van der Waals surface area contributed by atoms with Crippen LogP contribution >= 0.6 is 12.2 Å². The van der Waals surface area contributed by atoms with E-state index < -0.39 is 17.7 Å². The maximum atomic E-state index is 13.9. The van der Waals surface area contributed by atoms with Gasteiger partial charge in [-0.15, -0.1) is 0 Å². The minimum absolute atomic E-state index is 0.0486. The normalized spacial score (nSPS) is 11.9. The quantitative estimate of drug-likeness (QED) is 0.185. The largest absolute Gasteiger partial charge is 0.416 e. The molecule has 0 unspecified atom stereocenters. The van der Waals surface area contributed by atoms with Crippen molar-refractivity contribution in [1.82, 2.24) is 14.5 Å². The Bertz CT molecular complexity index is 1610. The number of nitrogens with one attached hydrogen (secondary N) is 1. The summed E-state index contributed by atoms with van der Waals surface area (Å²) in [6, 6.07) is 22.1. The number of nitrogens with two attached hydrogens (primary N) is 1. The molecule has 1 atom stereocenters. The first-order chi connectivity index (χ1) is 21.1.